The van der Waals surface area contributed by atoms with Crippen molar-refractivity contribution in [2.75, 3.05) is 19.1 Å². The van der Waals surface area contributed by atoms with Gasteiger partial charge in [0.2, 0.25) is 5.88 Å². The van der Waals surface area contributed by atoms with E-state index < -0.39 is 15.9 Å². The van der Waals surface area contributed by atoms with Crippen LogP contribution in [0.15, 0.2) is 12.4 Å². The lowest BCUT2D eigenvalue weighted by Gasteiger charge is -2.15. The van der Waals surface area contributed by atoms with Gasteiger partial charge in [0.15, 0.2) is 0 Å². The van der Waals surface area contributed by atoms with E-state index in [-0.39, 0.29) is 11.6 Å². The molecule has 1 rings (SSSR count). The highest BCUT2D eigenvalue weighted by atomic mass is 32.2. The fraction of sp³-hybridized carbons (Fsp3) is 0.500. The summed E-state index contributed by atoms with van der Waals surface area (Å²) in [6.07, 6.45) is 4.03. The van der Waals surface area contributed by atoms with Crippen LogP contribution in [0.5, 0.6) is 5.88 Å². The molecule has 1 atom stereocenters. The van der Waals surface area contributed by atoms with Gasteiger partial charge in [-0.2, -0.15) is 0 Å². The Hall–Kier alpha value is -1.25. The SMILES string of the molecule is COc1nccnc1C(CS(C)(=O)=O)NN. The van der Waals surface area contributed by atoms with Gasteiger partial charge in [-0.3, -0.25) is 16.3 Å². The Balaban J connectivity index is 3.03. The number of rotatable bonds is 5. The molecule has 0 saturated carbocycles. The topological polar surface area (TPSA) is 107 Å². The fourth-order valence-electron chi connectivity index (χ4n) is 1.24. The number of methoxy groups -OCH3 is 1. The van der Waals surface area contributed by atoms with Gasteiger partial charge < -0.3 is 4.74 Å². The molecule has 1 aromatic heterocycles. The maximum absolute atomic E-state index is 11.2. The zero-order valence-corrected chi connectivity index (χ0v) is 9.86. The summed E-state index contributed by atoms with van der Waals surface area (Å²) in [5, 5.41) is 0. The summed E-state index contributed by atoms with van der Waals surface area (Å²) in [6, 6.07) is -0.640. The Bertz CT molecular complexity index is 448. The number of hydrogen-bond acceptors (Lipinski definition) is 7. The minimum absolute atomic E-state index is 0.168. The van der Waals surface area contributed by atoms with E-state index in [1.54, 1.807) is 0 Å². The van der Waals surface area contributed by atoms with E-state index in [1.165, 1.54) is 19.5 Å². The van der Waals surface area contributed by atoms with Gasteiger partial charge in [0, 0.05) is 18.6 Å². The maximum atomic E-state index is 11.2. The van der Waals surface area contributed by atoms with Crippen molar-refractivity contribution in [2.24, 2.45) is 5.84 Å². The lowest BCUT2D eigenvalue weighted by atomic mass is 10.2. The Kier molecular flexibility index (Phi) is 4.16. The maximum Gasteiger partial charge on any atom is 0.237 e. The minimum Gasteiger partial charge on any atom is -0.480 e. The zero-order chi connectivity index (χ0) is 12.2. The van der Waals surface area contributed by atoms with E-state index in [2.05, 4.69) is 15.4 Å². The molecule has 0 aromatic carbocycles. The largest absolute Gasteiger partial charge is 0.480 e. The van der Waals surface area contributed by atoms with E-state index in [1.807, 2.05) is 0 Å². The van der Waals surface area contributed by atoms with Gasteiger partial charge in [-0.15, -0.1) is 0 Å². The Labute approximate surface area is 93.9 Å². The number of nitrogens with two attached hydrogens (primary N) is 1. The van der Waals surface area contributed by atoms with Gasteiger partial charge in [0.1, 0.15) is 15.5 Å². The summed E-state index contributed by atoms with van der Waals surface area (Å²) in [4.78, 5) is 7.93. The molecule has 0 amide bonds. The predicted molar refractivity (Wildman–Crippen MR) is 58.4 cm³/mol. The first-order valence-corrected chi connectivity index (χ1v) is 6.52. The number of ether oxygens (including phenoxy) is 1. The minimum atomic E-state index is -3.17. The molecule has 1 heterocycles. The fourth-order valence-corrected chi connectivity index (χ4v) is 2.10. The molecule has 0 aliphatic rings. The molecule has 0 radical (unpaired) electrons. The van der Waals surface area contributed by atoms with Gasteiger partial charge in [-0.25, -0.2) is 13.4 Å². The van der Waals surface area contributed by atoms with Crippen molar-refractivity contribution in [1.82, 2.24) is 15.4 Å². The molecule has 0 bridgehead atoms. The first-order valence-electron chi connectivity index (χ1n) is 4.46. The van der Waals surface area contributed by atoms with Crippen molar-refractivity contribution in [2.45, 2.75) is 6.04 Å². The van der Waals surface area contributed by atoms with E-state index in [4.69, 9.17) is 10.6 Å². The first-order chi connectivity index (χ1) is 7.48. The summed E-state index contributed by atoms with van der Waals surface area (Å²) in [5.74, 6) is 5.39. The van der Waals surface area contributed by atoms with Crippen LogP contribution < -0.4 is 16.0 Å². The second kappa shape index (κ2) is 5.19. The second-order valence-electron chi connectivity index (χ2n) is 3.26. The first kappa shape index (κ1) is 12.8. The molecule has 0 aliphatic heterocycles. The van der Waals surface area contributed by atoms with Crippen LogP contribution >= 0.6 is 0 Å². The summed E-state index contributed by atoms with van der Waals surface area (Å²) < 4.78 is 27.4. The molecule has 0 aliphatic carbocycles. The third-order valence-corrected chi connectivity index (χ3v) is 2.82. The van der Waals surface area contributed by atoms with Crippen molar-refractivity contribution in [3.05, 3.63) is 18.1 Å². The summed E-state index contributed by atoms with van der Waals surface area (Å²) in [5.41, 5.74) is 2.76. The number of hydrogen-bond donors (Lipinski definition) is 2. The molecule has 8 heteroatoms. The van der Waals surface area contributed by atoms with E-state index >= 15 is 0 Å². The van der Waals surface area contributed by atoms with Crippen LogP contribution in [0.2, 0.25) is 0 Å². The normalized spacial score (nSPS) is 13.4. The Morgan fingerprint density at radius 1 is 1.50 bits per heavy atom. The van der Waals surface area contributed by atoms with Gasteiger partial charge in [0.25, 0.3) is 0 Å². The van der Waals surface area contributed by atoms with Gasteiger partial charge in [-0.1, -0.05) is 0 Å². The number of sulfone groups is 1. The molecular formula is C8H14N4O3S. The van der Waals surface area contributed by atoms with Crippen LogP contribution in [0.1, 0.15) is 11.7 Å². The van der Waals surface area contributed by atoms with Gasteiger partial charge in [-0.05, 0) is 0 Å². The Morgan fingerprint density at radius 3 is 2.62 bits per heavy atom. The number of nitrogens with zero attached hydrogens (tertiary/aromatic N) is 2. The summed E-state index contributed by atoms with van der Waals surface area (Å²) in [7, 11) is -1.74. The second-order valence-corrected chi connectivity index (χ2v) is 5.45. The average Bonchev–Trinajstić information content (AvgIpc) is 2.24. The molecule has 0 spiro atoms. The van der Waals surface area contributed by atoms with Gasteiger partial charge >= 0.3 is 0 Å². The van der Waals surface area contributed by atoms with Crippen molar-refractivity contribution >= 4 is 9.84 Å². The highest BCUT2D eigenvalue weighted by Gasteiger charge is 2.21. The summed E-state index contributed by atoms with van der Waals surface area (Å²) >= 11 is 0. The standard InChI is InChI=1S/C8H14N4O3S/c1-15-8-7(10-3-4-11-8)6(12-9)5-16(2,13)14/h3-4,6,12H,5,9H2,1-2H3. The average molecular weight is 246 g/mol. The molecule has 3 N–H and O–H groups in total. The lowest BCUT2D eigenvalue weighted by Crippen LogP contribution is -2.34. The van der Waals surface area contributed by atoms with Crippen LogP contribution in [0.25, 0.3) is 0 Å². The van der Waals surface area contributed by atoms with Crippen molar-refractivity contribution < 1.29 is 13.2 Å². The molecule has 1 aromatic rings. The highest BCUT2D eigenvalue weighted by molar-refractivity contribution is 7.90. The van der Waals surface area contributed by atoms with Crippen molar-refractivity contribution in [3.8, 4) is 5.88 Å². The zero-order valence-electron chi connectivity index (χ0n) is 9.04. The molecule has 1 unspecified atom stereocenters. The molecule has 16 heavy (non-hydrogen) atoms. The monoisotopic (exact) mass is 246 g/mol. The van der Waals surface area contributed by atoms with Crippen molar-refractivity contribution in [1.29, 1.82) is 0 Å². The Morgan fingerprint density at radius 2 is 2.12 bits per heavy atom. The highest BCUT2D eigenvalue weighted by Crippen LogP contribution is 2.20. The molecule has 0 saturated heterocycles. The molecule has 90 valence electrons. The lowest BCUT2D eigenvalue weighted by molar-refractivity contribution is 0.380. The van der Waals surface area contributed by atoms with Crippen LogP contribution in [0.4, 0.5) is 0 Å². The third-order valence-electron chi connectivity index (χ3n) is 1.89. The van der Waals surface area contributed by atoms with Gasteiger partial charge in [0.05, 0.1) is 18.9 Å². The molecule has 0 fully saturated rings. The third kappa shape index (κ3) is 3.40. The predicted octanol–water partition coefficient (Wildman–Crippen LogP) is -0.966. The van der Waals surface area contributed by atoms with Crippen molar-refractivity contribution in [3.63, 3.8) is 0 Å². The van der Waals surface area contributed by atoms with E-state index in [9.17, 15) is 8.42 Å². The number of hydrazine groups is 1. The number of nitrogens with one attached hydrogen (secondary N) is 1. The smallest absolute Gasteiger partial charge is 0.237 e. The quantitative estimate of drug-likeness (QED) is 0.508. The van der Waals surface area contributed by atoms with Crippen LogP contribution in [0, 0.1) is 0 Å². The number of aromatic nitrogens is 2. The van der Waals surface area contributed by atoms with Crippen LogP contribution in [-0.2, 0) is 9.84 Å². The van der Waals surface area contributed by atoms with E-state index in [0.29, 0.717) is 5.69 Å². The van der Waals surface area contributed by atoms with Crippen LogP contribution in [-0.4, -0.2) is 37.5 Å². The summed E-state index contributed by atoms with van der Waals surface area (Å²) in [6.45, 7) is 0. The molecule has 7 nitrogen and oxygen atoms in total. The van der Waals surface area contributed by atoms with Crippen LogP contribution in [0.3, 0.4) is 0 Å². The van der Waals surface area contributed by atoms with E-state index in [0.717, 1.165) is 6.26 Å². The molecular weight excluding hydrogens is 232 g/mol.